The normalized spacial score (nSPS) is 15.4. The molecule has 8 heteroatoms. The molecule has 0 saturated carbocycles. The largest absolute Gasteiger partial charge is 0.493 e. The first-order valence-electron chi connectivity index (χ1n) is 8.62. The first-order valence-corrected chi connectivity index (χ1v) is 8.62. The van der Waals surface area contributed by atoms with E-state index in [0.717, 1.165) is 36.8 Å². The summed E-state index contributed by atoms with van der Waals surface area (Å²) in [6.07, 6.45) is 5.95. The lowest BCUT2D eigenvalue weighted by Crippen LogP contribution is -2.34. The van der Waals surface area contributed by atoms with E-state index >= 15 is 0 Å². The average Bonchev–Trinajstić information content (AvgIpc) is 3.22. The SMILES string of the molecule is COc1cc2nc(N3CCC(c4cn[nH]c4)CC3)nc(N)c2cc1OC. The van der Waals surface area contributed by atoms with Gasteiger partial charge in [0.25, 0.3) is 0 Å². The van der Waals surface area contributed by atoms with Gasteiger partial charge < -0.3 is 20.1 Å². The summed E-state index contributed by atoms with van der Waals surface area (Å²) in [5, 5.41) is 7.70. The number of H-pyrrole nitrogens is 1. The summed E-state index contributed by atoms with van der Waals surface area (Å²) in [6, 6.07) is 3.66. The number of nitrogen functional groups attached to an aromatic ring is 1. The molecular weight excluding hydrogens is 332 g/mol. The van der Waals surface area contributed by atoms with Gasteiger partial charge in [0.2, 0.25) is 5.95 Å². The molecule has 0 aliphatic carbocycles. The van der Waals surface area contributed by atoms with E-state index in [9.17, 15) is 0 Å². The second-order valence-electron chi connectivity index (χ2n) is 6.43. The number of nitrogens with one attached hydrogen (secondary N) is 1. The van der Waals surface area contributed by atoms with Gasteiger partial charge in [-0.05, 0) is 30.4 Å². The predicted molar refractivity (Wildman–Crippen MR) is 99.8 cm³/mol. The molecule has 3 N–H and O–H groups in total. The molecule has 1 fully saturated rings. The van der Waals surface area contributed by atoms with E-state index in [0.29, 0.717) is 29.2 Å². The molecule has 1 aromatic carbocycles. The highest BCUT2D eigenvalue weighted by Gasteiger charge is 2.23. The third-order valence-corrected chi connectivity index (χ3v) is 4.99. The van der Waals surface area contributed by atoms with Crippen LogP contribution in [0.1, 0.15) is 24.3 Å². The number of nitrogens with zero attached hydrogens (tertiary/aromatic N) is 4. The average molecular weight is 354 g/mol. The number of methoxy groups -OCH3 is 2. The van der Waals surface area contributed by atoms with Crippen LogP contribution < -0.4 is 20.1 Å². The fourth-order valence-electron chi connectivity index (χ4n) is 3.50. The number of piperidine rings is 1. The topological polar surface area (TPSA) is 102 Å². The Hall–Kier alpha value is -3.03. The van der Waals surface area contributed by atoms with Crippen LogP contribution in [0.25, 0.3) is 10.9 Å². The maximum atomic E-state index is 6.20. The standard InChI is InChI=1S/C18H22N6O2/c1-25-15-7-13-14(8-16(15)26-2)22-18(23-17(13)19)24-5-3-11(4-6-24)12-9-20-21-10-12/h7-11H,3-6H2,1-2H3,(H,20,21)(H2,19,22,23). The van der Waals surface area contributed by atoms with Gasteiger partial charge in [-0.2, -0.15) is 10.1 Å². The zero-order valence-electron chi connectivity index (χ0n) is 14.9. The van der Waals surface area contributed by atoms with Crippen LogP contribution in [0.5, 0.6) is 11.5 Å². The summed E-state index contributed by atoms with van der Waals surface area (Å²) >= 11 is 0. The molecule has 0 radical (unpaired) electrons. The number of ether oxygens (including phenoxy) is 2. The smallest absolute Gasteiger partial charge is 0.227 e. The van der Waals surface area contributed by atoms with E-state index in [1.807, 2.05) is 24.5 Å². The number of nitrogens with two attached hydrogens (primary N) is 1. The number of rotatable bonds is 4. The molecule has 0 bridgehead atoms. The van der Waals surface area contributed by atoms with E-state index < -0.39 is 0 Å². The van der Waals surface area contributed by atoms with Gasteiger partial charge in [-0.25, -0.2) is 4.98 Å². The quantitative estimate of drug-likeness (QED) is 0.741. The molecule has 0 unspecified atom stereocenters. The van der Waals surface area contributed by atoms with Gasteiger partial charge in [-0.1, -0.05) is 0 Å². The highest BCUT2D eigenvalue weighted by atomic mass is 16.5. The fourth-order valence-corrected chi connectivity index (χ4v) is 3.50. The highest BCUT2D eigenvalue weighted by Crippen LogP contribution is 2.35. The van der Waals surface area contributed by atoms with Gasteiger partial charge in [0.1, 0.15) is 5.82 Å². The van der Waals surface area contributed by atoms with Crippen molar-refractivity contribution in [2.75, 3.05) is 37.9 Å². The van der Waals surface area contributed by atoms with Crippen molar-refractivity contribution < 1.29 is 9.47 Å². The van der Waals surface area contributed by atoms with Crippen molar-refractivity contribution in [1.29, 1.82) is 0 Å². The lowest BCUT2D eigenvalue weighted by Gasteiger charge is -2.31. The number of benzene rings is 1. The lowest BCUT2D eigenvalue weighted by molar-refractivity contribution is 0.356. The molecule has 3 heterocycles. The Morgan fingerprint density at radius 3 is 2.50 bits per heavy atom. The van der Waals surface area contributed by atoms with Gasteiger partial charge >= 0.3 is 0 Å². The second-order valence-corrected chi connectivity index (χ2v) is 6.43. The Labute approximate surface area is 151 Å². The number of fused-ring (bicyclic) bond motifs is 1. The number of anilines is 2. The van der Waals surface area contributed by atoms with Gasteiger partial charge in [-0.15, -0.1) is 0 Å². The summed E-state index contributed by atoms with van der Waals surface area (Å²) < 4.78 is 10.7. The van der Waals surface area contributed by atoms with Gasteiger partial charge in [-0.3, -0.25) is 5.10 Å². The summed E-state index contributed by atoms with van der Waals surface area (Å²) in [5.74, 6) is 2.87. The van der Waals surface area contributed by atoms with Gasteiger partial charge in [0, 0.05) is 30.7 Å². The van der Waals surface area contributed by atoms with Crippen LogP contribution in [0.4, 0.5) is 11.8 Å². The molecule has 3 aromatic rings. The van der Waals surface area contributed by atoms with Crippen LogP contribution in [-0.2, 0) is 0 Å². The van der Waals surface area contributed by atoms with Crippen molar-refractivity contribution in [3.63, 3.8) is 0 Å². The maximum Gasteiger partial charge on any atom is 0.227 e. The predicted octanol–water partition coefficient (Wildman–Crippen LogP) is 2.34. The van der Waals surface area contributed by atoms with Gasteiger partial charge in [0.15, 0.2) is 11.5 Å². The van der Waals surface area contributed by atoms with E-state index in [1.165, 1.54) is 5.56 Å². The van der Waals surface area contributed by atoms with E-state index in [-0.39, 0.29) is 0 Å². The number of aromatic nitrogens is 4. The second kappa shape index (κ2) is 6.70. The molecule has 1 saturated heterocycles. The molecular formula is C18H22N6O2. The van der Waals surface area contributed by atoms with Crippen LogP contribution in [-0.4, -0.2) is 47.5 Å². The number of hydrogen-bond donors (Lipinski definition) is 2. The van der Waals surface area contributed by atoms with Crippen LogP contribution >= 0.6 is 0 Å². The van der Waals surface area contributed by atoms with E-state index in [1.54, 1.807) is 14.2 Å². The molecule has 0 spiro atoms. The van der Waals surface area contributed by atoms with Crippen molar-refractivity contribution in [1.82, 2.24) is 20.2 Å². The molecule has 0 amide bonds. The molecule has 8 nitrogen and oxygen atoms in total. The Balaban J connectivity index is 1.61. The summed E-state index contributed by atoms with van der Waals surface area (Å²) in [4.78, 5) is 11.4. The first-order chi connectivity index (χ1) is 12.7. The lowest BCUT2D eigenvalue weighted by atomic mass is 9.92. The molecule has 2 aromatic heterocycles. The molecule has 136 valence electrons. The molecule has 1 aliphatic rings. The summed E-state index contributed by atoms with van der Waals surface area (Å²) in [7, 11) is 3.20. The Morgan fingerprint density at radius 1 is 1.12 bits per heavy atom. The van der Waals surface area contributed by atoms with E-state index in [4.69, 9.17) is 20.2 Å². The minimum absolute atomic E-state index is 0.447. The Kier molecular flexibility index (Phi) is 4.24. The van der Waals surface area contributed by atoms with Gasteiger partial charge in [0.05, 0.1) is 25.9 Å². The summed E-state index contributed by atoms with van der Waals surface area (Å²) in [6.45, 7) is 1.77. The van der Waals surface area contributed by atoms with Crippen LogP contribution in [0, 0.1) is 0 Å². The monoisotopic (exact) mass is 354 g/mol. The minimum Gasteiger partial charge on any atom is -0.493 e. The minimum atomic E-state index is 0.447. The molecule has 0 atom stereocenters. The van der Waals surface area contributed by atoms with Crippen molar-refractivity contribution >= 4 is 22.7 Å². The van der Waals surface area contributed by atoms with Crippen molar-refractivity contribution in [3.8, 4) is 11.5 Å². The number of aromatic amines is 1. The maximum absolute atomic E-state index is 6.20. The van der Waals surface area contributed by atoms with Crippen LogP contribution in [0.2, 0.25) is 0 Å². The van der Waals surface area contributed by atoms with Crippen molar-refractivity contribution in [2.24, 2.45) is 0 Å². The number of hydrogen-bond acceptors (Lipinski definition) is 7. The van der Waals surface area contributed by atoms with Crippen molar-refractivity contribution in [2.45, 2.75) is 18.8 Å². The Bertz CT molecular complexity index is 904. The molecule has 4 rings (SSSR count). The van der Waals surface area contributed by atoms with Crippen LogP contribution in [0.3, 0.4) is 0 Å². The molecule has 26 heavy (non-hydrogen) atoms. The highest BCUT2D eigenvalue weighted by molar-refractivity contribution is 5.91. The van der Waals surface area contributed by atoms with Crippen molar-refractivity contribution in [3.05, 3.63) is 30.1 Å². The third-order valence-electron chi connectivity index (χ3n) is 4.99. The zero-order chi connectivity index (χ0) is 18.1. The van der Waals surface area contributed by atoms with Crippen LogP contribution in [0.15, 0.2) is 24.5 Å². The molecule has 1 aliphatic heterocycles. The first kappa shape index (κ1) is 16.4. The zero-order valence-corrected chi connectivity index (χ0v) is 14.9. The fraction of sp³-hybridized carbons (Fsp3) is 0.389. The third kappa shape index (κ3) is 2.87. The summed E-state index contributed by atoms with van der Waals surface area (Å²) in [5.41, 5.74) is 8.21. The van der Waals surface area contributed by atoms with E-state index in [2.05, 4.69) is 20.1 Å². The Morgan fingerprint density at radius 2 is 1.85 bits per heavy atom.